The van der Waals surface area contributed by atoms with Crippen molar-refractivity contribution in [2.24, 2.45) is 5.16 Å². The van der Waals surface area contributed by atoms with Crippen molar-refractivity contribution in [1.29, 1.82) is 0 Å². The molecule has 3 rings (SSSR count). The van der Waals surface area contributed by atoms with E-state index in [0.717, 1.165) is 16.4 Å². The van der Waals surface area contributed by atoms with E-state index in [4.69, 9.17) is 16.8 Å². The Hall–Kier alpha value is -2.43. The van der Waals surface area contributed by atoms with Crippen molar-refractivity contribution in [2.45, 2.75) is 6.42 Å². The summed E-state index contributed by atoms with van der Waals surface area (Å²) in [6.07, 6.45) is 0.278. The standard InChI is InChI=1S/C16H15ClF2N4O3S/c17-11-3-1-2-4-13(11)20-16-14(6-5-12(18)15(16)19)22-27(25,26)23-8-7-10(9-23)21-24/h1-6,20,22,24H,7-9H2/b21-10-. The second kappa shape index (κ2) is 7.67. The maximum absolute atomic E-state index is 14.4. The number of halogens is 3. The zero-order valence-electron chi connectivity index (χ0n) is 13.8. The molecule has 3 N–H and O–H groups in total. The normalized spacial score (nSPS) is 16.6. The van der Waals surface area contributed by atoms with E-state index >= 15 is 0 Å². The van der Waals surface area contributed by atoms with Gasteiger partial charge < -0.3 is 10.5 Å². The molecule has 1 fully saturated rings. The molecule has 0 radical (unpaired) electrons. The fourth-order valence-electron chi connectivity index (χ4n) is 2.56. The molecule has 0 aliphatic carbocycles. The predicted molar refractivity (Wildman–Crippen MR) is 99.0 cm³/mol. The molecule has 0 amide bonds. The van der Waals surface area contributed by atoms with Crippen molar-refractivity contribution in [2.75, 3.05) is 23.1 Å². The first-order valence-corrected chi connectivity index (χ1v) is 9.61. The Morgan fingerprint density at radius 1 is 1.15 bits per heavy atom. The second-order valence-electron chi connectivity index (χ2n) is 5.75. The quantitative estimate of drug-likeness (QED) is 0.513. The SMILES string of the molecule is O=S(=O)(Nc1ccc(F)c(F)c1Nc1ccccc1Cl)N1CC/C(=N/O)C1. The van der Waals surface area contributed by atoms with Crippen LogP contribution in [0, 0.1) is 11.6 Å². The lowest BCUT2D eigenvalue weighted by molar-refractivity contribution is 0.317. The molecule has 2 aromatic carbocycles. The highest BCUT2D eigenvalue weighted by atomic mass is 35.5. The Morgan fingerprint density at radius 3 is 2.56 bits per heavy atom. The van der Waals surface area contributed by atoms with Crippen LogP contribution in [0.2, 0.25) is 5.02 Å². The van der Waals surface area contributed by atoms with E-state index in [0.29, 0.717) is 5.71 Å². The fourth-order valence-corrected chi connectivity index (χ4v) is 3.97. The number of oxime groups is 1. The van der Waals surface area contributed by atoms with Crippen LogP contribution in [0.25, 0.3) is 0 Å². The minimum absolute atomic E-state index is 0.0945. The van der Waals surface area contributed by atoms with Gasteiger partial charge in [-0.05, 0) is 24.3 Å². The third kappa shape index (κ3) is 4.12. The largest absolute Gasteiger partial charge is 0.411 e. The molecular weight excluding hydrogens is 402 g/mol. The highest BCUT2D eigenvalue weighted by Crippen LogP contribution is 2.34. The van der Waals surface area contributed by atoms with Gasteiger partial charge in [0.15, 0.2) is 11.6 Å². The lowest BCUT2D eigenvalue weighted by atomic mass is 10.2. The molecule has 0 unspecified atom stereocenters. The van der Waals surface area contributed by atoms with Crippen molar-refractivity contribution < 1.29 is 22.4 Å². The lowest BCUT2D eigenvalue weighted by Gasteiger charge is -2.20. The molecule has 1 aliphatic rings. The molecule has 1 aliphatic heterocycles. The van der Waals surface area contributed by atoms with Crippen LogP contribution >= 0.6 is 11.6 Å². The Bertz CT molecular complexity index is 1000. The summed E-state index contributed by atoms with van der Waals surface area (Å²) in [6, 6.07) is 8.30. The van der Waals surface area contributed by atoms with E-state index in [1.807, 2.05) is 0 Å². The van der Waals surface area contributed by atoms with E-state index in [2.05, 4.69) is 15.2 Å². The van der Waals surface area contributed by atoms with Crippen LogP contribution in [-0.4, -0.2) is 36.7 Å². The number of para-hydroxylation sites is 1. The summed E-state index contributed by atoms with van der Waals surface area (Å²) >= 11 is 6.02. The van der Waals surface area contributed by atoms with Gasteiger partial charge in [0.25, 0.3) is 0 Å². The number of anilines is 3. The molecule has 2 aromatic rings. The number of hydrogen-bond donors (Lipinski definition) is 3. The molecule has 7 nitrogen and oxygen atoms in total. The average molecular weight is 417 g/mol. The third-order valence-corrected chi connectivity index (χ3v) is 5.76. The van der Waals surface area contributed by atoms with Gasteiger partial charge in [-0.15, -0.1) is 0 Å². The first kappa shape index (κ1) is 19.3. The van der Waals surface area contributed by atoms with Gasteiger partial charge in [0.1, 0.15) is 5.69 Å². The summed E-state index contributed by atoms with van der Waals surface area (Å²) in [5, 5.41) is 14.7. The first-order chi connectivity index (χ1) is 12.8. The van der Waals surface area contributed by atoms with Crippen LogP contribution in [-0.2, 0) is 10.2 Å². The van der Waals surface area contributed by atoms with E-state index < -0.39 is 27.5 Å². The summed E-state index contributed by atoms with van der Waals surface area (Å²) in [5.41, 5.74) is -0.00908. The van der Waals surface area contributed by atoms with Crippen LogP contribution in [0.15, 0.2) is 41.6 Å². The van der Waals surface area contributed by atoms with Crippen LogP contribution in [0.1, 0.15) is 6.42 Å². The van der Waals surface area contributed by atoms with Gasteiger partial charge in [-0.2, -0.15) is 12.7 Å². The Morgan fingerprint density at radius 2 is 1.89 bits per heavy atom. The molecule has 1 saturated heterocycles. The van der Waals surface area contributed by atoms with E-state index in [1.165, 1.54) is 6.07 Å². The molecule has 0 atom stereocenters. The third-order valence-electron chi connectivity index (χ3n) is 3.96. The van der Waals surface area contributed by atoms with Gasteiger partial charge >= 0.3 is 10.2 Å². The van der Waals surface area contributed by atoms with Crippen LogP contribution in [0.5, 0.6) is 0 Å². The lowest BCUT2D eigenvalue weighted by Crippen LogP contribution is -2.34. The van der Waals surface area contributed by atoms with Crippen LogP contribution < -0.4 is 10.0 Å². The van der Waals surface area contributed by atoms with E-state index in [-0.39, 0.29) is 35.9 Å². The molecule has 0 spiro atoms. The van der Waals surface area contributed by atoms with Gasteiger partial charge in [0, 0.05) is 13.0 Å². The van der Waals surface area contributed by atoms with Gasteiger partial charge in [-0.25, -0.2) is 8.78 Å². The Balaban J connectivity index is 1.94. The maximum Gasteiger partial charge on any atom is 0.302 e. The topological polar surface area (TPSA) is 94.0 Å². The van der Waals surface area contributed by atoms with Gasteiger partial charge in [0.2, 0.25) is 0 Å². The van der Waals surface area contributed by atoms with E-state index in [9.17, 15) is 17.2 Å². The number of nitrogens with zero attached hydrogens (tertiary/aromatic N) is 2. The Kier molecular flexibility index (Phi) is 5.49. The van der Waals surface area contributed by atoms with Crippen molar-refractivity contribution in [3.8, 4) is 0 Å². The average Bonchev–Trinajstić information content (AvgIpc) is 3.13. The van der Waals surface area contributed by atoms with Gasteiger partial charge in [0.05, 0.1) is 28.7 Å². The summed E-state index contributed by atoms with van der Waals surface area (Å²) < 4.78 is 56.4. The summed E-state index contributed by atoms with van der Waals surface area (Å²) in [4.78, 5) is 0. The summed E-state index contributed by atoms with van der Waals surface area (Å²) in [7, 11) is -4.08. The smallest absolute Gasteiger partial charge is 0.302 e. The second-order valence-corrected chi connectivity index (χ2v) is 7.82. The number of nitrogens with one attached hydrogen (secondary N) is 2. The monoisotopic (exact) mass is 416 g/mol. The minimum Gasteiger partial charge on any atom is -0.411 e. The molecule has 0 bridgehead atoms. The number of hydrogen-bond acceptors (Lipinski definition) is 5. The molecular formula is C16H15ClF2N4O3S. The van der Waals surface area contributed by atoms with Gasteiger partial charge in [-0.1, -0.05) is 28.9 Å². The fraction of sp³-hybridized carbons (Fsp3) is 0.188. The predicted octanol–water partition coefficient (Wildman–Crippen LogP) is 3.55. The number of benzene rings is 2. The summed E-state index contributed by atoms with van der Waals surface area (Å²) in [6.45, 7) is 0.00840. The van der Waals surface area contributed by atoms with Crippen molar-refractivity contribution in [3.05, 3.63) is 53.1 Å². The van der Waals surface area contributed by atoms with Crippen LogP contribution in [0.4, 0.5) is 25.8 Å². The highest BCUT2D eigenvalue weighted by Gasteiger charge is 2.30. The van der Waals surface area contributed by atoms with E-state index in [1.54, 1.807) is 18.2 Å². The van der Waals surface area contributed by atoms with Crippen molar-refractivity contribution in [3.63, 3.8) is 0 Å². The zero-order chi connectivity index (χ0) is 19.6. The highest BCUT2D eigenvalue weighted by molar-refractivity contribution is 7.90. The molecule has 0 aromatic heterocycles. The van der Waals surface area contributed by atoms with Crippen molar-refractivity contribution in [1.82, 2.24) is 4.31 Å². The molecule has 27 heavy (non-hydrogen) atoms. The molecule has 11 heteroatoms. The molecule has 0 saturated carbocycles. The van der Waals surface area contributed by atoms with Crippen LogP contribution in [0.3, 0.4) is 0 Å². The number of rotatable bonds is 5. The van der Waals surface area contributed by atoms with Crippen molar-refractivity contribution >= 4 is 44.6 Å². The first-order valence-electron chi connectivity index (χ1n) is 7.79. The molecule has 1 heterocycles. The summed E-state index contributed by atoms with van der Waals surface area (Å²) in [5.74, 6) is -2.41. The molecule has 144 valence electrons. The Labute approximate surface area is 159 Å². The van der Waals surface area contributed by atoms with Gasteiger partial charge in [-0.3, -0.25) is 4.72 Å². The zero-order valence-corrected chi connectivity index (χ0v) is 15.4. The maximum atomic E-state index is 14.4. The minimum atomic E-state index is -4.08.